The number of hydrogen-bond donors (Lipinski definition) is 1. The van der Waals surface area contributed by atoms with E-state index in [4.69, 9.17) is 11.5 Å². The molecule has 0 amide bonds. The van der Waals surface area contributed by atoms with E-state index in [1.807, 2.05) is 13.8 Å². The molecular formula is C38H36O9S2. The highest BCUT2D eigenvalue weighted by Crippen LogP contribution is 2.17. The summed E-state index contributed by atoms with van der Waals surface area (Å²) in [5.74, 6) is 0.111. The molecule has 4 aromatic carbocycles. The number of carboxylic acids is 1. The van der Waals surface area contributed by atoms with Gasteiger partial charge in [-0.3, -0.25) is 14.4 Å². The molecule has 0 saturated carbocycles. The van der Waals surface area contributed by atoms with Gasteiger partial charge in [0, 0.05) is 42.4 Å². The third kappa shape index (κ3) is 11.5. The Bertz CT molecular complexity index is 2050. The van der Waals surface area contributed by atoms with Gasteiger partial charge in [-0.2, -0.15) is 0 Å². The monoisotopic (exact) mass is 700 g/mol. The summed E-state index contributed by atoms with van der Waals surface area (Å²) >= 11 is 0. The number of sulfone groups is 2. The van der Waals surface area contributed by atoms with Crippen LogP contribution < -0.4 is 0 Å². The SMILES string of the molecule is C#CCCC(=O)c1ccc(C(=O)CCS(=O)(=O)c2ccc(C)cc2)cc1.Cc1ccc(S(=O)(=O)CCC(=O)c2ccc(C(=O)O)cc2)cc1. The number of ketones is 3. The van der Waals surface area contributed by atoms with Gasteiger partial charge in [0.2, 0.25) is 0 Å². The van der Waals surface area contributed by atoms with Crippen LogP contribution in [0, 0.1) is 26.2 Å². The lowest BCUT2D eigenvalue weighted by atomic mass is 10.0. The van der Waals surface area contributed by atoms with Crippen LogP contribution >= 0.6 is 0 Å². The summed E-state index contributed by atoms with van der Waals surface area (Å²) < 4.78 is 49.0. The summed E-state index contributed by atoms with van der Waals surface area (Å²) in [6.07, 6.45) is 5.51. The molecule has 0 fully saturated rings. The van der Waals surface area contributed by atoms with Gasteiger partial charge in [-0.25, -0.2) is 21.6 Å². The van der Waals surface area contributed by atoms with E-state index in [0.717, 1.165) is 11.1 Å². The highest BCUT2D eigenvalue weighted by atomic mass is 32.2. The van der Waals surface area contributed by atoms with Crippen molar-refractivity contribution in [2.24, 2.45) is 0 Å². The summed E-state index contributed by atoms with van der Waals surface area (Å²) in [4.78, 5) is 47.3. The summed E-state index contributed by atoms with van der Waals surface area (Å²) in [7, 11) is -7.02. The second-order valence-electron chi connectivity index (χ2n) is 11.2. The predicted octanol–water partition coefficient (Wildman–Crippen LogP) is 6.38. The maximum absolute atomic E-state index is 12.3. The Kier molecular flexibility index (Phi) is 13.5. The zero-order valence-corrected chi connectivity index (χ0v) is 28.7. The molecule has 4 rings (SSSR count). The first-order valence-electron chi connectivity index (χ1n) is 15.2. The van der Waals surface area contributed by atoms with Gasteiger partial charge >= 0.3 is 5.97 Å². The van der Waals surface area contributed by atoms with Crippen molar-refractivity contribution in [2.45, 2.75) is 49.3 Å². The van der Waals surface area contributed by atoms with Crippen molar-refractivity contribution in [3.05, 3.63) is 130 Å². The third-order valence-corrected chi connectivity index (χ3v) is 10.9. The largest absolute Gasteiger partial charge is 0.478 e. The molecule has 0 atom stereocenters. The van der Waals surface area contributed by atoms with Crippen molar-refractivity contribution >= 4 is 43.0 Å². The zero-order chi connectivity index (χ0) is 36.2. The summed E-state index contributed by atoms with van der Waals surface area (Å²) in [5.41, 5.74) is 3.18. The fourth-order valence-electron chi connectivity index (χ4n) is 4.44. The molecule has 0 radical (unpaired) electrons. The quantitative estimate of drug-likeness (QED) is 0.116. The first kappa shape index (κ1) is 38.3. The van der Waals surface area contributed by atoms with Crippen LogP contribution in [-0.4, -0.2) is 56.8 Å². The lowest BCUT2D eigenvalue weighted by Gasteiger charge is -2.06. The van der Waals surface area contributed by atoms with Crippen LogP contribution in [0.4, 0.5) is 0 Å². The Balaban J connectivity index is 0.000000267. The molecule has 0 saturated heterocycles. The van der Waals surface area contributed by atoms with Crippen molar-refractivity contribution in [1.82, 2.24) is 0 Å². The molecule has 0 aliphatic rings. The van der Waals surface area contributed by atoms with Crippen LogP contribution in [0.5, 0.6) is 0 Å². The Morgan fingerprint density at radius 1 is 0.531 bits per heavy atom. The summed E-state index contributed by atoms with van der Waals surface area (Å²) in [6.45, 7) is 3.74. The standard InChI is InChI=1S/C21H20O4S.C17H16O5S/c1-3-4-5-20(22)17-8-10-18(11-9-17)21(23)14-15-26(24,25)19-12-6-16(2)7-13-19;1-12-2-8-15(9-3-12)23(21,22)11-10-16(18)13-4-6-14(7-5-13)17(19)20/h1,6-13H,4-5,14-15H2,2H3;2-9H,10-11H2,1H3,(H,19,20). The summed E-state index contributed by atoms with van der Waals surface area (Å²) in [6, 6.07) is 24.7. The highest BCUT2D eigenvalue weighted by Gasteiger charge is 2.19. The average molecular weight is 701 g/mol. The Morgan fingerprint density at radius 2 is 0.837 bits per heavy atom. The van der Waals surface area contributed by atoms with Crippen LogP contribution in [0.2, 0.25) is 0 Å². The van der Waals surface area contributed by atoms with Gasteiger partial charge in [-0.1, -0.05) is 71.8 Å². The number of carbonyl (C=O) groups excluding carboxylic acids is 3. The molecule has 9 nitrogen and oxygen atoms in total. The van der Waals surface area contributed by atoms with Gasteiger partial charge in [-0.05, 0) is 50.2 Å². The average Bonchev–Trinajstić information content (AvgIpc) is 3.09. The number of rotatable bonds is 14. The van der Waals surface area contributed by atoms with Crippen molar-refractivity contribution in [1.29, 1.82) is 0 Å². The normalized spacial score (nSPS) is 11.0. The zero-order valence-electron chi connectivity index (χ0n) is 27.1. The number of carbonyl (C=O) groups is 4. The van der Waals surface area contributed by atoms with E-state index < -0.39 is 25.6 Å². The molecule has 0 aromatic heterocycles. The lowest BCUT2D eigenvalue weighted by molar-refractivity contribution is 0.0695. The first-order valence-corrected chi connectivity index (χ1v) is 18.5. The molecule has 0 aliphatic carbocycles. The molecule has 0 aliphatic heterocycles. The molecule has 11 heteroatoms. The van der Waals surface area contributed by atoms with Gasteiger partial charge < -0.3 is 5.11 Å². The minimum absolute atomic E-state index is 0.0776. The highest BCUT2D eigenvalue weighted by molar-refractivity contribution is 7.91. The number of Topliss-reactive ketones (excluding diaryl/α,β-unsaturated/α-hetero) is 3. The van der Waals surface area contributed by atoms with E-state index in [0.29, 0.717) is 23.1 Å². The predicted molar refractivity (Wildman–Crippen MR) is 187 cm³/mol. The van der Waals surface area contributed by atoms with Gasteiger partial charge in [0.05, 0.1) is 26.9 Å². The second kappa shape index (κ2) is 17.3. The molecular weight excluding hydrogens is 665 g/mol. The van der Waals surface area contributed by atoms with Crippen molar-refractivity contribution in [3.63, 3.8) is 0 Å². The van der Waals surface area contributed by atoms with Crippen LogP contribution in [0.1, 0.15) is 78.2 Å². The minimum atomic E-state index is -3.52. The fourth-order valence-corrected chi connectivity index (χ4v) is 6.92. The molecule has 1 N–H and O–H groups in total. The van der Waals surface area contributed by atoms with E-state index in [-0.39, 0.29) is 63.5 Å². The van der Waals surface area contributed by atoms with Crippen LogP contribution in [-0.2, 0) is 19.7 Å². The fraction of sp³-hybridized carbons (Fsp3) is 0.211. The number of hydrogen-bond acceptors (Lipinski definition) is 8. The molecule has 0 heterocycles. The van der Waals surface area contributed by atoms with Crippen LogP contribution in [0.15, 0.2) is 107 Å². The lowest BCUT2D eigenvalue weighted by Crippen LogP contribution is -2.12. The van der Waals surface area contributed by atoms with Gasteiger partial charge in [-0.15, -0.1) is 12.3 Å². The van der Waals surface area contributed by atoms with Gasteiger partial charge in [0.15, 0.2) is 37.0 Å². The van der Waals surface area contributed by atoms with E-state index >= 15 is 0 Å². The van der Waals surface area contributed by atoms with Crippen LogP contribution in [0.3, 0.4) is 0 Å². The Morgan fingerprint density at radius 3 is 1.14 bits per heavy atom. The third-order valence-electron chi connectivity index (χ3n) is 7.43. The van der Waals surface area contributed by atoms with Crippen LogP contribution in [0.25, 0.3) is 0 Å². The van der Waals surface area contributed by atoms with Crippen molar-refractivity contribution < 1.29 is 41.1 Å². The summed E-state index contributed by atoms with van der Waals surface area (Å²) in [5, 5.41) is 8.81. The van der Waals surface area contributed by atoms with Gasteiger partial charge in [0.1, 0.15) is 0 Å². The Hall–Kier alpha value is -5.18. The molecule has 0 bridgehead atoms. The maximum Gasteiger partial charge on any atom is 0.335 e. The Labute approximate surface area is 286 Å². The molecule has 254 valence electrons. The van der Waals surface area contributed by atoms with Crippen molar-refractivity contribution in [3.8, 4) is 12.3 Å². The number of carboxylic acid groups (broad SMARTS) is 1. The molecule has 0 spiro atoms. The topological polar surface area (TPSA) is 157 Å². The number of terminal acetylenes is 1. The second-order valence-corrected chi connectivity index (χ2v) is 15.4. The van der Waals surface area contributed by atoms with E-state index in [1.54, 1.807) is 60.7 Å². The minimum Gasteiger partial charge on any atom is -0.478 e. The van der Waals surface area contributed by atoms with E-state index in [2.05, 4.69) is 5.92 Å². The number of aryl methyl sites for hydroxylation is 2. The smallest absolute Gasteiger partial charge is 0.335 e. The number of benzene rings is 4. The van der Waals surface area contributed by atoms with Crippen molar-refractivity contribution in [2.75, 3.05) is 11.5 Å². The molecule has 49 heavy (non-hydrogen) atoms. The van der Waals surface area contributed by atoms with E-state index in [9.17, 15) is 36.0 Å². The maximum atomic E-state index is 12.3. The molecule has 0 unspecified atom stereocenters. The molecule has 4 aromatic rings. The first-order chi connectivity index (χ1) is 23.1. The van der Waals surface area contributed by atoms with Gasteiger partial charge in [0.25, 0.3) is 0 Å². The van der Waals surface area contributed by atoms with E-state index in [1.165, 1.54) is 36.4 Å². The number of aromatic carboxylic acids is 1.